The summed E-state index contributed by atoms with van der Waals surface area (Å²) in [7, 11) is 0.0654. The first-order valence-corrected chi connectivity index (χ1v) is 6.93. The zero-order valence-electron chi connectivity index (χ0n) is 11.7. The van der Waals surface area contributed by atoms with Gasteiger partial charge in [0.25, 0.3) is 0 Å². The van der Waals surface area contributed by atoms with Crippen LogP contribution in [0.5, 0.6) is 5.75 Å². The van der Waals surface area contributed by atoms with Gasteiger partial charge in [0.1, 0.15) is 5.75 Å². The SMILES string of the molecule is COc1ccc(B(O)O)c(COCC2CCCCO2)c1. The zero-order valence-corrected chi connectivity index (χ0v) is 11.7. The lowest BCUT2D eigenvalue weighted by Gasteiger charge is -2.22. The van der Waals surface area contributed by atoms with E-state index in [1.165, 1.54) is 6.42 Å². The standard InChI is InChI=1S/C14H21BO5/c1-18-12-5-6-14(15(16)17)11(8-12)9-19-10-13-4-2-3-7-20-13/h5-6,8,13,16-17H,2-4,7,9-10H2,1H3. The van der Waals surface area contributed by atoms with E-state index in [0.717, 1.165) is 25.0 Å². The maximum Gasteiger partial charge on any atom is 0.488 e. The Morgan fingerprint density at radius 2 is 2.20 bits per heavy atom. The Bertz CT molecular complexity index is 418. The molecule has 0 radical (unpaired) electrons. The third-order valence-electron chi connectivity index (χ3n) is 3.46. The van der Waals surface area contributed by atoms with E-state index in [0.29, 0.717) is 24.4 Å². The van der Waals surface area contributed by atoms with Gasteiger partial charge in [0.2, 0.25) is 0 Å². The Labute approximate surface area is 119 Å². The number of benzene rings is 1. The van der Waals surface area contributed by atoms with Crippen LogP contribution >= 0.6 is 0 Å². The number of ether oxygens (including phenoxy) is 3. The molecular formula is C14H21BO5. The van der Waals surface area contributed by atoms with Crippen molar-refractivity contribution in [1.29, 1.82) is 0 Å². The van der Waals surface area contributed by atoms with Crippen molar-refractivity contribution in [2.45, 2.75) is 32.0 Å². The highest BCUT2D eigenvalue weighted by Gasteiger charge is 2.18. The van der Waals surface area contributed by atoms with Gasteiger partial charge in [-0.05, 0) is 42.4 Å². The summed E-state index contributed by atoms with van der Waals surface area (Å²) in [6.45, 7) is 1.63. The summed E-state index contributed by atoms with van der Waals surface area (Å²) >= 11 is 0. The van der Waals surface area contributed by atoms with Crippen LogP contribution in [0.25, 0.3) is 0 Å². The van der Waals surface area contributed by atoms with Crippen LogP contribution in [-0.2, 0) is 16.1 Å². The molecule has 5 nitrogen and oxygen atoms in total. The topological polar surface area (TPSA) is 68.2 Å². The summed E-state index contributed by atoms with van der Waals surface area (Å²) in [5.41, 5.74) is 1.16. The second-order valence-electron chi connectivity index (χ2n) is 4.94. The number of hydrogen-bond donors (Lipinski definition) is 2. The van der Waals surface area contributed by atoms with Crippen molar-refractivity contribution >= 4 is 12.6 Å². The first kappa shape index (κ1) is 15.3. The molecule has 20 heavy (non-hydrogen) atoms. The lowest BCUT2D eigenvalue weighted by Crippen LogP contribution is -2.33. The van der Waals surface area contributed by atoms with Crippen LogP contribution in [0.1, 0.15) is 24.8 Å². The molecule has 0 aliphatic carbocycles. The molecule has 2 N–H and O–H groups in total. The van der Waals surface area contributed by atoms with Gasteiger partial charge in [-0.2, -0.15) is 0 Å². The highest BCUT2D eigenvalue weighted by Crippen LogP contribution is 2.15. The predicted octanol–water partition coefficient (Wildman–Crippen LogP) is 0.461. The van der Waals surface area contributed by atoms with E-state index in [1.54, 1.807) is 25.3 Å². The van der Waals surface area contributed by atoms with Crippen LogP contribution in [0.3, 0.4) is 0 Å². The van der Waals surface area contributed by atoms with E-state index in [1.807, 2.05) is 0 Å². The monoisotopic (exact) mass is 280 g/mol. The molecular weight excluding hydrogens is 259 g/mol. The zero-order chi connectivity index (χ0) is 14.4. The molecule has 1 unspecified atom stereocenters. The Kier molecular flexibility index (Phi) is 5.85. The molecule has 1 heterocycles. The van der Waals surface area contributed by atoms with Crippen molar-refractivity contribution in [3.8, 4) is 5.75 Å². The summed E-state index contributed by atoms with van der Waals surface area (Å²) in [6.07, 6.45) is 3.46. The third-order valence-corrected chi connectivity index (χ3v) is 3.46. The molecule has 110 valence electrons. The normalized spacial score (nSPS) is 18.9. The molecule has 0 saturated carbocycles. The second kappa shape index (κ2) is 7.64. The number of hydrogen-bond acceptors (Lipinski definition) is 5. The lowest BCUT2D eigenvalue weighted by molar-refractivity contribution is -0.0446. The van der Waals surface area contributed by atoms with E-state index in [-0.39, 0.29) is 6.10 Å². The van der Waals surface area contributed by atoms with E-state index in [9.17, 15) is 10.0 Å². The molecule has 1 saturated heterocycles. The van der Waals surface area contributed by atoms with Gasteiger partial charge in [-0.25, -0.2) is 0 Å². The molecule has 0 spiro atoms. The first-order chi connectivity index (χ1) is 9.70. The van der Waals surface area contributed by atoms with Crippen LogP contribution in [0.15, 0.2) is 18.2 Å². The summed E-state index contributed by atoms with van der Waals surface area (Å²) in [5, 5.41) is 18.7. The van der Waals surface area contributed by atoms with Gasteiger partial charge in [0, 0.05) is 6.61 Å². The smallest absolute Gasteiger partial charge is 0.488 e. The quantitative estimate of drug-likeness (QED) is 0.741. The van der Waals surface area contributed by atoms with Gasteiger partial charge < -0.3 is 24.3 Å². The third kappa shape index (κ3) is 4.21. The fourth-order valence-electron chi connectivity index (χ4n) is 2.33. The van der Waals surface area contributed by atoms with Crippen molar-refractivity contribution < 1.29 is 24.3 Å². The highest BCUT2D eigenvalue weighted by atomic mass is 16.5. The molecule has 1 fully saturated rings. The van der Waals surface area contributed by atoms with Crippen LogP contribution in [0, 0.1) is 0 Å². The van der Waals surface area contributed by atoms with Crippen LogP contribution in [-0.4, -0.2) is 43.6 Å². The van der Waals surface area contributed by atoms with Gasteiger partial charge in [-0.3, -0.25) is 0 Å². The van der Waals surface area contributed by atoms with E-state index in [2.05, 4.69) is 0 Å². The van der Waals surface area contributed by atoms with Crippen molar-refractivity contribution in [2.75, 3.05) is 20.3 Å². The summed E-state index contributed by atoms with van der Waals surface area (Å²) in [4.78, 5) is 0. The summed E-state index contributed by atoms with van der Waals surface area (Å²) < 4.78 is 16.4. The average Bonchev–Trinajstić information content (AvgIpc) is 2.48. The van der Waals surface area contributed by atoms with Crippen molar-refractivity contribution in [3.63, 3.8) is 0 Å². The fraction of sp³-hybridized carbons (Fsp3) is 0.571. The Morgan fingerprint density at radius 1 is 1.35 bits per heavy atom. The maximum atomic E-state index is 9.35. The molecule has 1 aliphatic rings. The van der Waals surface area contributed by atoms with Gasteiger partial charge in [-0.15, -0.1) is 0 Å². The van der Waals surface area contributed by atoms with Crippen molar-refractivity contribution in [2.24, 2.45) is 0 Å². The predicted molar refractivity (Wildman–Crippen MR) is 76.1 cm³/mol. The first-order valence-electron chi connectivity index (χ1n) is 6.93. The van der Waals surface area contributed by atoms with Crippen LogP contribution in [0.2, 0.25) is 0 Å². The molecule has 0 aromatic heterocycles. The van der Waals surface area contributed by atoms with Gasteiger partial charge in [0.15, 0.2) is 0 Å². The fourth-order valence-corrected chi connectivity index (χ4v) is 2.33. The molecule has 1 aromatic rings. The summed E-state index contributed by atoms with van der Waals surface area (Å²) in [6, 6.07) is 5.10. The molecule has 6 heteroatoms. The number of rotatable bonds is 6. The Balaban J connectivity index is 1.92. The lowest BCUT2D eigenvalue weighted by atomic mass is 9.77. The molecule has 1 aliphatic heterocycles. The summed E-state index contributed by atoms with van der Waals surface area (Å²) in [5.74, 6) is 0.668. The van der Waals surface area contributed by atoms with Gasteiger partial charge in [-0.1, -0.05) is 6.07 Å². The second-order valence-corrected chi connectivity index (χ2v) is 4.94. The van der Waals surface area contributed by atoms with E-state index < -0.39 is 7.12 Å². The van der Waals surface area contributed by atoms with Crippen LogP contribution in [0.4, 0.5) is 0 Å². The van der Waals surface area contributed by atoms with Crippen LogP contribution < -0.4 is 10.2 Å². The van der Waals surface area contributed by atoms with E-state index >= 15 is 0 Å². The minimum absolute atomic E-state index is 0.150. The van der Waals surface area contributed by atoms with Crippen molar-refractivity contribution in [1.82, 2.24) is 0 Å². The largest absolute Gasteiger partial charge is 0.497 e. The van der Waals surface area contributed by atoms with Gasteiger partial charge in [0.05, 0.1) is 26.4 Å². The Hall–Kier alpha value is -1.08. The van der Waals surface area contributed by atoms with Gasteiger partial charge >= 0.3 is 7.12 Å². The minimum Gasteiger partial charge on any atom is -0.497 e. The molecule has 2 rings (SSSR count). The van der Waals surface area contributed by atoms with Crippen molar-refractivity contribution in [3.05, 3.63) is 23.8 Å². The number of methoxy groups -OCH3 is 1. The molecule has 1 atom stereocenters. The minimum atomic E-state index is -1.51. The maximum absolute atomic E-state index is 9.35. The Morgan fingerprint density at radius 3 is 2.85 bits per heavy atom. The van der Waals surface area contributed by atoms with E-state index in [4.69, 9.17) is 14.2 Å². The molecule has 0 bridgehead atoms. The molecule has 1 aromatic carbocycles. The highest BCUT2D eigenvalue weighted by molar-refractivity contribution is 6.59. The molecule has 0 amide bonds. The average molecular weight is 280 g/mol.